The molecule has 0 aliphatic carbocycles. The first-order chi connectivity index (χ1) is 4.21. The van der Waals surface area contributed by atoms with Gasteiger partial charge in [0.1, 0.15) is 0 Å². The van der Waals surface area contributed by atoms with Gasteiger partial charge < -0.3 is 15.5 Å². The minimum absolute atomic E-state index is 0.261. The largest absolute Gasteiger partial charge is 0.384 e. The van der Waals surface area contributed by atoms with E-state index in [0.29, 0.717) is 11.4 Å². The third-order valence-corrected chi connectivity index (χ3v) is 3.21. The molecular formula is C4H12NO3PS. The third-order valence-electron chi connectivity index (χ3n) is 0.605. The molecule has 0 rings (SSSR count). The van der Waals surface area contributed by atoms with Gasteiger partial charge in [0.05, 0.1) is 0 Å². The maximum atomic E-state index is 10.3. The van der Waals surface area contributed by atoms with Crippen LogP contribution in [0.15, 0.2) is 0 Å². The van der Waals surface area contributed by atoms with Crippen LogP contribution < -0.4 is 5.73 Å². The molecule has 0 atom stereocenters. The van der Waals surface area contributed by atoms with E-state index in [9.17, 15) is 4.57 Å². The van der Waals surface area contributed by atoms with Crippen molar-refractivity contribution in [3.63, 3.8) is 0 Å². The molecule has 0 fully saturated rings. The average Bonchev–Trinajstić information content (AvgIpc) is 1.57. The van der Waals surface area contributed by atoms with Crippen molar-refractivity contribution in [2.75, 3.05) is 5.75 Å². The average molecular weight is 185 g/mol. The Bertz CT molecular complexity index is 149. The van der Waals surface area contributed by atoms with Crippen molar-refractivity contribution in [2.24, 2.45) is 5.73 Å². The van der Waals surface area contributed by atoms with E-state index in [1.807, 2.05) is 0 Å². The molecule has 0 unspecified atom stereocenters. The number of hydrogen-bond acceptors (Lipinski definition) is 3. The lowest BCUT2D eigenvalue weighted by Gasteiger charge is -2.17. The molecule has 0 radical (unpaired) electrons. The molecule has 0 saturated heterocycles. The molecule has 0 aromatic rings. The van der Waals surface area contributed by atoms with Crippen LogP contribution in [0.2, 0.25) is 0 Å². The van der Waals surface area contributed by atoms with E-state index in [1.54, 1.807) is 13.8 Å². The summed E-state index contributed by atoms with van der Waals surface area (Å²) >= 11 is 0.582. The van der Waals surface area contributed by atoms with Gasteiger partial charge in [0.25, 0.3) is 0 Å². The molecule has 0 aliphatic heterocycles. The van der Waals surface area contributed by atoms with Gasteiger partial charge in [0.2, 0.25) is 0 Å². The van der Waals surface area contributed by atoms with Crippen LogP contribution in [0.25, 0.3) is 0 Å². The first kappa shape index (κ1) is 10.5. The van der Waals surface area contributed by atoms with E-state index in [-0.39, 0.29) is 5.75 Å². The van der Waals surface area contributed by atoms with Gasteiger partial charge in [-0.05, 0) is 25.2 Å². The maximum Gasteiger partial charge on any atom is 0.384 e. The summed E-state index contributed by atoms with van der Waals surface area (Å²) in [7, 11) is 0. The van der Waals surface area contributed by atoms with E-state index in [4.69, 9.17) is 15.5 Å². The molecule has 4 nitrogen and oxygen atoms in total. The van der Waals surface area contributed by atoms with E-state index >= 15 is 0 Å². The Morgan fingerprint density at radius 1 is 1.60 bits per heavy atom. The smallest absolute Gasteiger partial charge is 0.325 e. The van der Waals surface area contributed by atoms with Gasteiger partial charge in [-0.1, -0.05) is 0 Å². The molecule has 0 aromatic heterocycles. The quantitative estimate of drug-likeness (QED) is 0.559. The van der Waals surface area contributed by atoms with Crippen LogP contribution in [0, 0.1) is 0 Å². The Kier molecular flexibility index (Phi) is 3.39. The summed E-state index contributed by atoms with van der Waals surface area (Å²) in [4.78, 5) is 16.8. The van der Waals surface area contributed by atoms with Crippen molar-refractivity contribution in [2.45, 2.75) is 19.4 Å². The van der Waals surface area contributed by atoms with Crippen molar-refractivity contribution < 1.29 is 14.4 Å². The molecule has 0 bridgehead atoms. The first-order valence-electron chi connectivity index (χ1n) is 2.70. The van der Waals surface area contributed by atoms with Crippen molar-refractivity contribution in [3.8, 4) is 0 Å². The van der Waals surface area contributed by atoms with E-state index in [2.05, 4.69) is 0 Å². The van der Waals surface area contributed by atoms with Crippen molar-refractivity contribution >= 4 is 18.2 Å². The summed E-state index contributed by atoms with van der Waals surface area (Å²) in [5.74, 6) is 0.261. The fourth-order valence-corrected chi connectivity index (χ4v) is 2.25. The summed E-state index contributed by atoms with van der Waals surface area (Å²) in [6, 6.07) is 0. The van der Waals surface area contributed by atoms with E-state index < -0.39 is 12.3 Å². The Hall–Kier alpha value is 0.460. The summed E-state index contributed by atoms with van der Waals surface area (Å²) in [5, 5.41) is 0. The lowest BCUT2D eigenvalue weighted by Crippen LogP contribution is -2.34. The molecule has 0 aliphatic rings. The fourth-order valence-electron chi connectivity index (χ4n) is 0.250. The van der Waals surface area contributed by atoms with Gasteiger partial charge in [-0.3, -0.25) is 0 Å². The van der Waals surface area contributed by atoms with Gasteiger partial charge in [-0.25, -0.2) is 4.57 Å². The van der Waals surface area contributed by atoms with Crippen LogP contribution in [0.1, 0.15) is 13.8 Å². The van der Waals surface area contributed by atoms with Crippen LogP contribution in [0.3, 0.4) is 0 Å². The zero-order valence-corrected chi connectivity index (χ0v) is 7.65. The summed E-state index contributed by atoms with van der Waals surface area (Å²) in [6.07, 6.45) is 0. The SMILES string of the molecule is CC(C)(N)CSP(=O)(O)O. The standard InChI is InChI=1S/C4H12NO3PS/c1-4(2,5)3-10-9(6,7)8/h3,5H2,1-2H3,(H2,6,7,8). The summed E-state index contributed by atoms with van der Waals surface area (Å²) in [6.45, 7) is -0.490. The molecule has 6 heteroatoms. The predicted molar refractivity (Wildman–Crippen MR) is 42.8 cm³/mol. The van der Waals surface area contributed by atoms with Gasteiger partial charge in [0.15, 0.2) is 0 Å². The van der Waals surface area contributed by atoms with Crippen molar-refractivity contribution in [1.82, 2.24) is 0 Å². The van der Waals surface area contributed by atoms with Crippen LogP contribution in [0.4, 0.5) is 0 Å². The molecule has 4 N–H and O–H groups in total. The van der Waals surface area contributed by atoms with Crippen LogP contribution in [-0.4, -0.2) is 21.1 Å². The second-order valence-electron chi connectivity index (χ2n) is 2.75. The highest BCUT2D eigenvalue weighted by atomic mass is 32.7. The Balaban J connectivity index is 3.67. The van der Waals surface area contributed by atoms with Crippen LogP contribution >= 0.6 is 18.2 Å². The summed E-state index contributed by atoms with van der Waals surface area (Å²) < 4.78 is 10.3. The molecular weight excluding hydrogens is 173 g/mol. The number of nitrogens with two attached hydrogens (primary N) is 1. The molecule has 0 heterocycles. The van der Waals surface area contributed by atoms with Crippen LogP contribution in [-0.2, 0) is 4.57 Å². The first-order valence-corrected chi connectivity index (χ1v) is 5.90. The number of rotatable bonds is 3. The minimum Gasteiger partial charge on any atom is -0.325 e. The Morgan fingerprint density at radius 2 is 2.00 bits per heavy atom. The minimum atomic E-state index is -3.93. The molecule has 10 heavy (non-hydrogen) atoms. The zero-order chi connectivity index (χ0) is 8.41. The lowest BCUT2D eigenvalue weighted by atomic mass is 10.1. The fraction of sp³-hybridized carbons (Fsp3) is 1.00. The van der Waals surface area contributed by atoms with Crippen LogP contribution in [0.5, 0.6) is 0 Å². The molecule has 0 aromatic carbocycles. The Morgan fingerprint density at radius 3 is 2.10 bits per heavy atom. The third kappa shape index (κ3) is 8.46. The molecule has 0 amide bonds. The highest BCUT2D eigenvalue weighted by Gasteiger charge is 2.19. The van der Waals surface area contributed by atoms with Crippen molar-refractivity contribution in [1.29, 1.82) is 0 Å². The Labute approximate surface area is 64.1 Å². The van der Waals surface area contributed by atoms with Gasteiger partial charge in [0, 0.05) is 11.3 Å². The highest BCUT2D eigenvalue weighted by molar-refractivity contribution is 8.54. The number of hydrogen-bond donors (Lipinski definition) is 3. The normalized spacial score (nSPS) is 13.7. The monoisotopic (exact) mass is 185 g/mol. The molecule has 62 valence electrons. The second kappa shape index (κ2) is 3.24. The van der Waals surface area contributed by atoms with E-state index in [1.165, 1.54) is 0 Å². The van der Waals surface area contributed by atoms with Gasteiger partial charge >= 0.3 is 6.80 Å². The van der Waals surface area contributed by atoms with Gasteiger partial charge in [-0.15, -0.1) is 0 Å². The highest BCUT2D eigenvalue weighted by Crippen LogP contribution is 2.50. The molecule has 0 spiro atoms. The predicted octanol–water partition coefficient (Wildman–Crippen LogP) is 0.550. The lowest BCUT2D eigenvalue weighted by molar-refractivity contribution is 0.396. The second-order valence-corrected chi connectivity index (χ2v) is 6.48. The summed E-state index contributed by atoms with van der Waals surface area (Å²) in [5.41, 5.74) is 4.96. The van der Waals surface area contributed by atoms with Crippen molar-refractivity contribution in [3.05, 3.63) is 0 Å². The maximum absolute atomic E-state index is 10.3. The van der Waals surface area contributed by atoms with Gasteiger partial charge in [-0.2, -0.15) is 0 Å². The zero-order valence-electron chi connectivity index (χ0n) is 5.94. The topological polar surface area (TPSA) is 83.6 Å². The van der Waals surface area contributed by atoms with E-state index in [0.717, 1.165) is 0 Å². The molecule has 0 saturated carbocycles.